The summed E-state index contributed by atoms with van der Waals surface area (Å²) < 4.78 is 2.15. The Bertz CT molecular complexity index is 2790. The van der Waals surface area contributed by atoms with Crippen LogP contribution in [0.25, 0.3) is 82.4 Å². The Morgan fingerprint density at radius 2 is 0.939 bits per heavy atom. The van der Waals surface area contributed by atoms with E-state index in [1.165, 1.54) is 38.2 Å². The average Bonchev–Trinajstić information content (AvgIpc) is 3.50. The SMILES string of the molecule is N#Cc1ccc2c(c1)c1ccccc1n2-c1cccc(-c2cccc(-c3c4ccccc4c(-c4ccccc4)c4ccccc34)c2)c1C#N. The Labute approximate surface area is 283 Å². The molecule has 0 N–H and O–H groups in total. The van der Waals surface area contributed by atoms with Crippen LogP contribution in [0.5, 0.6) is 0 Å². The summed E-state index contributed by atoms with van der Waals surface area (Å²) in [5.74, 6) is 0. The Kier molecular flexibility index (Phi) is 6.58. The van der Waals surface area contributed by atoms with Crippen molar-refractivity contribution in [1.29, 1.82) is 10.5 Å². The van der Waals surface area contributed by atoms with Crippen LogP contribution >= 0.6 is 0 Å². The van der Waals surface area contributed by atoms with Crippen LogP contribution < -0.4 is 0 Å². The molecule has 0 saturated carbocycles. The van der Waals surface area contributed by atoms with E-state index in [1.807, 2.05) is 48.5 Å². The molecule has 0 fully saturated rings. The zero-order chi connectivity index (χ0) is 32.9. The molecule has 0 aliphatic carbocycles. The van der Waals surface area contributed by atoms with E-state index >= 15 is 0 Å². The normalized spacial score (nSPS) is 11.2. The Balaban J connectivity index is 1.28. The lowest BCUT2D eigenvalue weighted by molar-refractivity contribution is 1.17. The van der Waals surface area contributed by atoms with E-state index in [-0.39, 0.29) is 0 Å². The molecular formula is C46H27N3. The van der Waals surface area contributed by atoms with Gasteiger partial charge in [-0.15, -0.1) is 0 Å². The van der Waals surface area contributed by atoms with Crippen LogP contribution in [0, 0.1) is 22.7 Å². The second-order valence-corrected chi connectivity index (χ2v) is 12.3. The van der Waals surface area contributed by atoms with Crippen molar-refractivity contribution in [2.45, 2.75) is 0 Å². The van der Waals surface area contributed by atoms with Gasteiger partial charge in [-0.1, -0.05) is 127 Å². The third-order valence-corrected chi connectivity index (χ3v) is 9.65. The number of hydrogen-bond acceptors (Lipinski definition) is 2. The number of rotatable bonds is 4. The molecule has 8 aromatic carbocycles. The topological polar surface area (TPSA) is 52.5 Å². The Morgan fingerprint density at radius 3 is 1.61 bits per heavy atom. The number of nitriles is 2. The summed E-state index contributed by atoms with van der Waals surface area (Å²) in [5, 5.41) is 27.2. The van der Waals surface area contributed by atoms with Crippen molar-refractivity contribution in [3.05, 3.63) is 175 Å². The molecule has 3 nitrogen and oxygen atoms in total. The van der Waals surface area contributed by atoms with Crippen molar-refractivity contribution in [2.75, 3.05) is 0 Å². The lowest BCUT2D eigenvalue weighted by Crippen LogP contribution is -1.99. The van der Waals surface area contributed by atoms with Gasteiger partial charge >= 0.3 is 0 Å². The van der Waals surface area contributed by atoms with E-state index in [1.54, 1.807) is 0 Å². The minimum absolute atomic E-state index is 0.598. The fourth-order valence-corrected chi connectivity index (χ4v) is 7.58. The van der Waals surface area contributed by atoms with Gasteiger partial charge < -0.3 is 4.57 Å². The van der Waals surface area contributed by atoms with Gasteiger partial charge in [-0.25, -0.2) is 0 Å². The van der Waals surface area contributed by atoms with E-state index in [2.05, 4.69) is 132 Å². The van der Waals surface area contributed by atoms with Crippen LogP contribution in [0.15, 0.2) is 164 Å². The summed E-state index contributed by atoms with van der Waals surface area (Å²) in [6.45, 7) is 0. The fourth-order valence-electron chi connectivity index (χ4n) is 7.58. The van der Waals surface area contributed by atoms with Crippen LogP contribution in [0.3, 0.4) is 0 Å². The molecule has 0 radical (unpaired) electrons. The van der Waals surface area contributed by atoms with Gasteiger partial charge in [0.15, 0.2) is 0 Å². The van der Waals surface area contributed by atoms with E-state index in [9.17, 15) is 10.5 Å². The zero-order valence-electron chi connectivity index (χ0n) is 26.4. The molecule has 226 valence electrons. The van der Waals surface area contributed by atoms with E-state index in [0.29, 0.717) is 11.1 Å². The van der Waals surface area contributed by atoms with Gasteiger partial charge in [0.1, 0.15) is 6.07 Å². The Hall–Kier alpha value is -6.94. The van der Waals surface area contributed by atoms with Gasteiger partial charge in [0.05, 0.1) is 33.9 Å². The zero-order valence-corrected chi connectivity index (χ0v) is 26.4. The molecule has 0 atom stereocenters. The predicted octanol–water partition coefficient (Wildman–Crippen LogP) is 11.8. The summed E-state index contributed by atoms with van der Waals surface area (Å²) in [5.41, 5.74) is 10.5. The molecule has 0 bridgehead atoms. The molecule has 0 aliphatic rings. The van der Waals surface area contributed by atoms with Gasteiger partial charge in [0.2, 0.25) is 0 Å². The van der Waals surface area contributed by atoms with E-state index < -0.39 is 0 Å². The third-order valence-electron chi connectivity index (χ3n) is 9.65. The van der Waals surface area contributed by atoms with Crippen molar-refractivity contribution in [2.24, 2.45) is 0 Å². The first-order valence-electron chi connectivity index (χ1n) is 16.3. The molecule has 0 aliphatic heterocycles. The van der Waals surface area contributed by atoms with Gasteiger partial charge in [-0.2, -0.15) is 10.5 Å². The largest absolute Gasteiger partial charge is 0.308 e. The first-order valence-corrected chi connectivity index (χ1v) is 16.3. The fraction of sp³-hybridized carbons (Fsp3) is 0. The molecule has 0 amide bonds. The quantitative estimate of drug-likeness (QED) is 0.184. The molecule has 0 saturated heterocycles. The van der Waals surface area contributed by atoms with Crippen LogP contribution in [-0.2, 0) is 0 Å². The van der Waals surface area contributed by atoms with Crippen molar-refractivity contribution >= 4 is 43.4 Å². The minimum Gasteiger partial charge on any atom is -0.308 e. The number of nitrogens with zero attached hydrogens (tertiary/aromatic N) is 3. The monoisotopic (exact) mass is 621 g/mol. The highest BCUT2D eigenvalue weighted by atomic mass is 15.0. The van der Waals surface area contributed by atoms with Crippen molar-refractivity contribution in [1.82, 2.24) is 4.57 Å². The maximum atomic E-state index is 10.8. The molecular weight excluding hydrogens is 595 g/mol. The van der Waals surface area contributed by atoms with Crippen molar-refractivity contribution in [3.8, 4) is 51.2 Å². The number of aromatic nitrogens is 1. The smallest absolute Gasteiger partial charge is 0.102 e. The summed E-state index contributed by atoms with van der Waals surface area (Å²) in [6.07, 6.45) is 0. The molecule has 1 heterocycles. The first-order chi connectivity index (χ1) is 24.2. The second-order valence-electron chi connectivity index (χ2n) is 12.3. The highest BCUT2D eigenvalue weighted by molar-refractivity contribution is 6.21. The van der Waals surface area contributed by atoms with Crippen LogP contribution in [-0.4, -0.2) is 4.57 Å². The summed E-state index contributed by atoms with van der Waals surface area (Å²) in [4.78, 5) is 0. The number of para-hydroxylation sites is 1. The standard InChI is InChI=1S/C46H27N3/c47-28-30-24-25-44-40(26-30)35-16-8-9-22-42(35)49(44)43-23-11-21-34(41(43)29-48)32-14-10-15-33(27-32)46-38-19-6-4-17-36(38)45(31-12-2-1-3-13-31)37-18-5-7-20-39(37)46/h1-27H. The molecule has 1 aromatic heterocycles. The van der Waals surface area contributed by atoms with Crippen molar-refractivity contribution in [3.63, 3.8) is 0 Å². The van der Waals surface area contributed by atoms with Crippen molar-refractivity contribution < 1.29 is 0 Å². The second kappa shape index (κ2) is 11.4. The first kappa shape index (κ1) is 28.3. The van der Waals surface area contributed by atoms with Gasteiger partial charge in [-0.05, 0) is 85.8 Å². The summed E-state index contributed by atoms with van der Waals surface area (Å²) >= 11 is 0. The lowest BCUT2D eigenvalue weighted by Gasteiger charge is -2.18. The summed E-state index contributed by atoms with van der Waals surface area (Å²) in [6, 6.07) is 61.4. The number of benzene rings is 8. The maximum Gasteiger partial charge on any atom is 0.102 e. The van der Waals surface area contributed by atoms with Crippen LogP contribution in [0.2, 0.25) is 0 Å². The molecule has 0 unspecified atom stereocenters. The number of fused-ring (bicyclic) bond motifs is 5. The van der Waals surface area contributed by atoms with E-state index in [0.717, 1.165) is 44.2 Å². The van der Waals surface area contributed by atoms with Gasteiger partial charge in [-0.3, -0.25) is 0 Å². The molecule has 49 heavy (non-hydrogen) atoms. The third kappa shape index (κ3) is 4.42. The lowest BCUT2D eigenvalue weighted by atomic mass is 9.85. The average molecular weight is 622 g/mol. The predicted molar refractivity (Wildman–Crippen MR) is 202 cm³/mol. The Morgan fingerprint density at radius 1 is 0.388 bits per heavy atom. The maximum absolute atomic E-state index is 10.8. The van der Waals surface area contributed by atoms with E-state index in [4.69, 9.17) is 0 Å². The molecule has 9 aromatic rings. The number of hydrogen-bond donors (Lipinski definition) is 0. The molecule has 3 heteroatoms. The molecule has 0 spiro atoms. The van der Waals surface area contributed by atoms with Crippen LogP contribution in [0.1, 0.15) is 11.1 Å². The minimum atomic E-state index is 0.598. The summed E-state index contributed by atoms with van der Waals surface area (Å²) in [7, 11) is 0. The van der Waals surface area contributed by atoms with Gasteiger partial charge in [0, 0.05) is 16.3 Å². The highest BCUT2D eigenvalue weighted by Crippen LogP contribution is 2.44. The highest BCUT2D eigenvalue weighted by Gasteiger charge is 2.20. The van der Waals surface area contributed by atoms with Crippen LogP contribution in [0.4, 0.5) is 0 Å². The van der Waals surface area contributed by atoms with Gasteiger partial charge in [0.25, 0.3) is 0 Å². The molecule has 9 rings (SSSR count).